The lowest BCUT2D eigenvalue weighted by molar-refractivity contribution is 0.146. The molecule has 0 atom stereocenters. The number of carbonyl (C=O) groups excluding carboxylic acids is 1. The van der Waals surface area contributed by atoms with Gasteiger partial charge in [-0.3, -0.25) is 0 Å². The minimum Gasteiger partial charge on any atom is -0.492 e. The van der Waals surface area contributed by atoms with Crippen LogP contribution in [0.3, 0.4) is 0 Å². The zero-order valence-electron chi connectivity index (χ0n) is 14.6. The second-order valence-corrected chi connectivity index (χ2v) is 5.70. The van der Waals surface area contributed by atoms with Crippen LogP contribution in [0.15, 0.2) is 36.4 Å². The van der Waals surface area contributed by atoms with E-state index in [-0.39, 0.29) is 18.9 Å². The van der Waals surface area contributed by atoms with Crippen LogP contribution in [0.2, 0.25) is 5.02 Å². The molecule has 27 heavy (non-hydrogen) atoms. The molecule has 0 spiro atoms. The van der Waals surface area contributed by atoms with Gasteiger partial charge in [-0.05, 0) is 30.3 Å². The Bertz CT molecular complexity index is 777. The van der Waals surface area contributed by atoms with Crippen molar-refractivity contribution >= 4 is 23.3 Å². The van der Waals surface area contributed by atoms with Crippen LogP contribution in [0, 0.1) is 11.6 Å². The SMILES string of the molecule is COCCOc1ccc(NC(=O)NCCOc2ccc(F)c(F)c2)cc1Cl. The van der Waals surface area contributed by atoms with E-state index in [2.05, 4.69) is 10.6 Å². The maximum atomic E-state index is 13.0. The summed E-state index contributed by atoms with van der Waals surface area (Å²) in [5, 5.41) is 5.53. The van der Waals surface area contributed by atoms with Crippen LogP contribution in [-0.2, 0) is 4.74 Å². The predicted octanol–water partition coefficient (Wildman–Crippen LogP) is 3.84. The zero-order chi connectivity index (χ0) is 19.6. The minimum absolute atomic E-state index is 0.0888. The summed E-state index contributed by atoms with van der Waals surface area (Å²) in [5.74, 6) is -1.29. The van der Waals surface area contributed by atoms with Gasteiger partial charge in [-0.2, -0.15) is 0 Å². The Morgan fingerprint density at radius 3 is 2.56 bits per heavy atom. The molecule has 0 saturated heterocycles. The van der Waals surface area contributed by atoms with Gasteiger partial charge in [-0.15, -0.1) is 0 Å². The number of benzene rings is 2. The van der Waals surface area contributed by atoms with Gasteiger partial charge >= 0.3 is 6.03 Å². The van der Waals surface area contributed by atoms with Crippen LogP contribution >= 0.6 is 11.6 Å². The largest absolute Gasteiger partial charge is 0.492 e. The molecule has 2 N–H and O–H groups in total. The van der Waals surface area contributed by atoms with Gasteiger partial charge in [0.1, 0.15) is 24.7 Å². The number of halogens is 3. The smallest absolute Gasteiger partial charge is 0.319 e. The van der Waals surface area contributed by atoms with Crippen molar-refractivity contribution in [3.05, 3.63) is 53.1 Å². The van der Waals surface area contributed by atoms with Crippen LogP contribution in [0.25, 0.3) is 0 Å². The normalized spacial score (nSPS) is 10.4. The molecule has 0 aliphatic heterocycles. The van der Waals surface area contributed by atoms with Crippen molar-refractivity contribution in [1.29, 1.82) is 0 Å². The third-order valence-electron chi connectivity index (χ3n) is 3.28. The Morgan fingerprint density at radius 1 is 1.04 bits per heavy atom. The molecular weight excluding hydrogens is 382 g/mol. The van der Waals surface area contributed by atoms with Gasteiger partial charge < -0.3 is 24.8 Å². The fourth-order valence-electron chi connectivity index (χ4n) is 2.01. The molecule has 6 nitrogen and oxygen atoms in total. The first-order valence-corrected chi connectivity index (χ1v) is 8.41. The lowest BCUT2D eigenvalue weighted by atomic mass is 10.3. The van der Waals surface area contributed by atoms with E-state index in [1.54, 1.807) is 25.3 Å². The third kappa shape index (κ3) is 6.92. The highest BCUT2D eigenvalue weighted by Gasteiger charge is 2.07. The van der Waals surface area contributed by atoms with Crippen molar-refractivity contribution in [3.63, 3.8) is 0 Å². The molecule has 0 radical (unpaired) electrons. The van der Waals surface area contributed by atoms with E-state index in [9.17, 15) is 13.6 Å². The third-order valence-corrected chi connectivity index (χ3v) is 3.58. The van der Waals surface area contributed by atoms with Crippen LogP contribution in [0.1, 0.15) is 0 Å². The summed E-state index contributed by atoms with van der Waals surface area (Å²) in [6, 6.07) is 7.58. The first-order valence-electron chi connectivity index (χ1n) is 8.03. The van der Waals surface area contributed by atoms with E-state index in [1.807, 2.05) is 0 Å². The molecule has 0 heterocycles. The van der Waals surface area contributed by atoms with Crippen LogP contribution < -0.4 is 20.1 Å². The highest BCUT2D eigenvalue weighted by molar-refractivity contribution is 6.32. The summed E-state index contributed by atoms with van der Waals surface area (Å²) in [4.78, 5) is 11.9. The van der Waals surface area contributed by atoms with Gasteiger partial charge in [0.25, 0.3) is 0 Å². The van der Waals surface area contributed by atoms with Crippen LogP contribution in [-0.4, -0.2) is 39.5 Å². The maximum absolute atomic E-state index is 13.0. The zero-order valence-corrected chi connectivity index (χ0v) is 15.3. The Hall–Kier alpha value is -2.58. The molecule has 2 aromatic rings. The number of amides is 2. The van der Waals surface area contributed by atoms with Crippen molar-refractivity contribution < 1.29 is 27.8 Å². The summed E-state index contributed by atoms with van der Waals surface area (Å²) < 4.78 is 41.4. The van der Waals surface area contributed by atoms with Crippen molar-refractivity contribution in [2.45, 2.75) is 0 Å². The van der Waals surface area contributed by atoms with E-state index in [0.717, 1.165) is 12.1 Å². The molecule has 9 heteroatoms. The summed E-state index contributed by atoms with van der Waals surface area (Å²) in [5.41, 5.74) is 0.484. The average molecular weight is 401 g/mol. The van der Waals surface area contributed by atoms with Gasteiger partial charge in [0.2, 0.25) is 0 Å². The Kier molecular flexibility index (Phi) is 8.09. The van der Waals surface area contributed by atoms with Crippen molar-refractivity contribution in [3.8, 4) is 11.5 Å². The second-order valence-electron chi connectivity index (χ2n) is 5.29. The molecule has 0 saturated carbocycles. The number of carbonyl (C=O) groups is 1. The first kappa shape index (κ1) is 20.7. The number of ether oxygens (including phenoxy) is 3. The molecule has 0 aliphatic rings. The van der Waals surface area contributed by atoms with E-state index in [0.29, 0.717) is 29.7 Å². The van der Waals surface area contributed by atoms with Crippen LogP contribution in [0.4, 0.5) is 19.3 Å². The molecule has 0 aliphatic carbocycles. The number of methoxy groups -OCH3 is 1. The van der Waals surface area contributed by atoms with Crippen molar-refractivity contribution in [2.75, 3.05) is 38.8 Å². The first-order chi connectivity index (χ1) is 13.0. The lowest BCUT2D eigenvalue weighted by Crippen LogP contribution is -2.32. The topological polar surface area (TPSA) is 68.8 Å². The quantitative estimate of drug-likeness (QED) is 0.627. The Labute approximate surface area is 160 Å². The molecule has 2 amide bonds. The minimum atomic E-state index is -0.996. The number of urea groups is 1. The number of anilines is 1. The fraction of sp³-hybridized carbons (Fsp3) is 0.278. The Balaban J connectivity index is 1.73. The van der Waals surface area contributed by atoms with E-state index >= 15 is 0 Å². The Morgan fingerprint density at radius 2 is 1.85 bits per heavy atom. The van der Waals surface area contributed by atoms with Gasteiger partial charge in [0, 0.05) is 18.9 Å². The van der Waals surface area contributed by atoms with Crippen molar-refractivity contribution in [1.82, 2.24) is 5.32 Å². The van der Waals surface area contributed by atoms with E-state index in [1.165, 1.54) is 6.07 Å². The van der Waals surface area contributed by atoms with Crippen molar-refractivity contribution in [2.24, 2.45) is 0 Å². The summed E-state index contributed by atoms with van der Waals surface area (Å²) >= 11 is 6.10. The molecular formula is C18H19ClF2N2O4. The molecule has 146 valence electrons. The molecule has 2 aromatic carbocycles. The standard InChI is InChI=1S/C18H19ClF2N2O4/c1-25-8-9-27-17-5-2-12(10-14(17)19)23-18(24)22-6-7-26-13-3-4-15(20)16(21)11-13/h2-5,10-11H,6-9H2,1H3,(H2,22,23,24). The summed E-state index contributed by atoms with van der Waals surface area (Å²) in [6.45, 7) is 1.05. The van der Waals surface area contributed by atoms with Gasteiger partial charge in [0.15, 0.2) is 11.6 Å². The maximum Gasteiger partial charge on any atom is 0.319 e. The molecule has 0 aromatic heterocycles. The molecule has 2 rings (SSSR count). The molecule has 0 fully saturated rings. The summed E-state index contributed by atoms with van der Waals surface area (Å²) in [6.07, 6.45) is 0. The second kappa shape index (κ2) is 10.5. The average Bonchev–Trinajstić information content (AvgIpc) is 2.63. The predicted molar refractivity (Wildman–Crippen MR) is 97.7 cm³/mol. The fourth-order valence-corrected chi connectivity index (χ4v) is 2.24. The number of nitrogens with one attached hydrogen (secondary N) is 2. The lowest BCUT2D eigenvalue weighted by Gasteiger charge is -2.11. The molecule has 0 bridgehead atoms. The van der Waals surface area contributed by atoms with Gasteiger partial charge in [0.05, 0.1) is 18.2 Å². The van der Waals surface area contributed by atoms with E-state index < -0.39 is 17.7 Å². The highest BCUT2D eigenvalue weighted by atomic mass is 35.5. The van der Waals surface area contributed by atoms with Gasteiger partial charge in [-0.25, -0.2) is 13.6 Å². The number of hydrogen-bond acceptors (Lipinski definition) is 4. The summed E-state index contributed by atoms with van der Waals surface area (Å²) in [7, 11) is 1.57. The van der Waals surface area contributed by atoms with Gasteiger partial charge in [-0.1, -0.05) is 11.6 Å². The molecule has 0 unspecified atom stereocenters. The number of hydrogen-bond donors (Lipinski definition) is 2. The monoisotopic (exact) mass is 400 g/mol. The van der Waals surface area contributed by atoms with E-state index in [4.69, 9.17) is 25.8 Å². The number of rotatable bonds is 9. The van der Waals surface area contributed by atoms with Crippen LogP contribution in [0.5, 0.6) is 11.5 Å². The highest BCUT2D eigenvalue weighted by Crippen LogP contribution is 2.27.